The standard InChI is InChI=1S/C35H60N2O11/c1-13-26-35(9,41)31-22(5)27(36-45-18-42-12)20(3)15-34(8,44-17-19(2)16-43-31)30(23(6)28(38)24(7)32(40)47-26)48-33-29(39)25(37(10)11)14-21(4)46-33/h20-26,29-31,33,39,41H,2,13-18H2,1,3-12H3/b36-27+/t20?,21-,22?,23+,24-,25+,26+,29?,30?,31?,33+,34-,35-/m1/s1. The molecule has 3 aliphatic rings. The van der Waals surface area contributed by atoms with Crippen molar-refractivity contribution in [2.45, 2.75) is 129 Å². The van der Waals surface area contributed by atoms with Gasteiger partial charge in [-0.3, -0.25) is 9.59 Å². The van der Waals surface area contributed by atoms with Crippen LogP contribution in [0.25, 0.3) is 0 Å². The Balaban J connectivity index is 2.27. The molecule has 13 atom stereocenters. The molecule has 276 valence electrons. The lowest BCUT2D eigenvalue weighted by atomic mass is 9.74. The number of hydrogen-bond acceptors (Lipinski definition) is 13. The molecule has 0 saturated carbocycles. The second-order valence-corrected chi connectivity index (χ2v) is 14.6. The van der Waals surface area contributed by atoms with Gasteiger partial charge in [0.2, 0.25) is 6.79 Å². The first kappa shape index (κ1) is 40.5. The highest BCUT2D eigenvalue weighted by Gasteiger charge is 2.53. The Bertz CT molecular complexity index is 1150. The highest BCUT2D eigenvalue weighted by atomic mass is 16.7. The number of likely N-dealkylation sites (N-methyl/N-ethyl adjacent to an activating group) is 1. The molecule has 13 heteroatoms. The number of Topliss-reactive ketones (excluding diaryl/α,β-unsaturated/α-hetero) is 1. The molecule has 3 saturated heterocycles. The molecule has 0 amide bonds. The van der Waals surface area contributed by atoms with Crippen molar-refractivity contribution < 1.29 is 53.1 Å². The number of carbonyl (C=O) groups is 2. The largest absolute Gasteiger partial charge is 0.459 e. The van der Waals surface area contributed by atoms with Gasteiger partial charge in [0.05, 0.1) is 42.8 Å². The zero-order valence-corrected chi connectivity index (χ0v) is 30.8. The van der Waals surface area contributed by atoms with Crippen molar-refractivity contribution in [1.82, 2.24) is 4.90 Å². The van der Waals surface area contributed by atoms with Gasteiger partial charge in [-0.25, -0.2) is 0 Å². The van der Waals surface area contributed by atoms with Gasteiger partial charge in [0, 0.05) is 30.9 Å². The first-order chi connectivity index (χ1) is 22.4. The summed E-state index contributed by atoms with van der Waals surface area (Å²) in [6.07, 6.45) is -4.23. The molecule has 0 aromatic heterocycles. The van der Waals surface area contributed by atoms with Crippen molar-refractivity contribution >= 4 is 17.5 Å². The number of aliphatic hydroxyl groups is 2. The molecular formula is C35H60N2O11. The number of esters is 1. The summed E-state index contributed by atoms with van der Waals surface area (Å²) in [7, 11) is 5.26. The van der Waals surface area contributed by atoms with E-state index >= 15 is 0 Å². The average Bonchev–Trinajstić information content (AvgIpc) is 3.03. The molecule has 2 bridgehead atoms. The molecule has 0 aliphatic carbocycles. The third-order valence-corrected chi connectivity index (χ3v) is 10.2. The summed E-state index contributed by atoms with van der Waals surface area (Å²) in [5, 5.41) is 28.1. The molecule has 3 fully saturated rings. The first-order valence-corrected chi connectivity index (χ1v) is 17.1. The van der Waals surface area contributed by atoms with E-state index in [2.05, 4.69) is 11.7 Å². The molecule has 3 aliphatic heterocycles. The monoisotopic (exact) mass is 684 g/mol. The second kappa shape index (κ2) is 16.8. The van der Waals surface area contributed by atoms with E-state index in [0.717, 1.165) is 0 Å². The Kier molecular flexibility index (Phi) is 14.2. The fourth-order valence-corrected chi connectivity index (χ4v) is 7.53. The van der Waals surface area contributed by atoms with Crippen LogP contribution < -0.4 is 0 Å². The number of cyclic esters (lactones) is 1. The Morgan fingerprint density at radius 3 is 2.35 bits per heavy atom. The molecule has 48 heavy (non-hydrogen) atoms. The molecule has 3 rings (SSSR count). The van der Waals surface area contributed by atoms with Gasteiger partial charge in [-0.05, 0) is 66.6 Å². The van der Waals surface area contributed by atoms with E-state index in [0.29, 0.717) is 17.7 Å². The smallest absolute Gasteiger partial charge is 0.316 e. The molecule has 0 aromatic rings. The van der Waals surface area contributed by atoms with Gasteiger partial charge >= 0.3 is 5.97 Å². The lowest BCUT2D eigenvalue weighted by Gasteiger charge is -2.47. The number of nitrogens with zero attached hydrogens (tertiary/aromatic N) is 2. The van der Waals surface area contributed by atoms with Gasteiger partial charge in [-0.2, -0.15) is 0 Å². The maximum atomic E-state index is 14.2. The highest BCUT2D eigenvalue weighted by molar-refractivity contribution is 6.00. The summed E-state index contributed by atoms with van der Waals surface area (Å²) in [6, 6.07) is -0.262. The summed E-state index contributed by atoms with van der Waals surface area (Å²) < 4.78 is 37.0. The van der Waals surface area contributed by atoms with E-state index in [1.165, 1.54) is 14.0 Å². The predicted molar refractivity (Wildman–Crippen MR) is 178 cm³/mol. The van der Waals surface area contributed by atoms with Crippen molar-refractivity contribution in [3.05, 3.63) is 12.2 Å². The zero-order chi connectivity index (χ0) is 36.1. The minimum absolute atomic E-state index is 0.0229. The van der Waals surface area contributed by atoms with Gasteiger partial charge in [-0.1, -0.05) is 39.4 Å². The second-order valence-electron chi connectivity index (χ2n) is 14.6. The Hall–Kier alpha value is -1.97. The molecule has 3 heterocycles. The molecule has 2 N–H and O–H groups in total. The van der Waals surface area contributed by atoms with Gasteiger partial charge in [-0.15, -0.1) is 0 Å². The van der Waals surface area contributed by atoms with Crippen LogP contribution >= 0.6 is 0 Å². The summed E-state index contributed by atoms with van der Waals surface area (Å²) in [5.74, 6) is -4.26. The number of oxime groups is 1. The van der Waals surface area contributed by atoms with Crippen LogP contribution in [0.5, 0.6) is 0 Å². The summed E-state index contributed by atoms with van der Waals surface area (Å²) in [5.41, 5.74) is -1.81. The van der Waals surface area contributed by atoms with Crippen molar-refractivity contribution in [3.8, 4) is 0 Å². The topological polar surface area (TPSA) is 155 Å². The third-order valence-electron chi connectivity index (χ3n) is 10.2. The van der Waals surface area contributed by atoms with Crippen LogP contribution in [0.2, 0.25) is 0 Å². The number of ether oxygens (including phenoxy) is 6. The lowest BCUT2D eigenvalue weighted by Crippen LogP contribution is -2.60. The van der Waals surface area contributed by atoms with Crippen LogP contribution in [0.15, 0.2) is 17.3 Å². The number of aliphatic hydroxyl groups excluding tert-OH is 1. The van der Waals surface area contributed by atoms with Gasteiger partial charge in [0.25, 0.3) is 0 Å². The third kappa shape index (κ3) is 9.03. The molecule has 13 nitrogen and oxygen atoms in total. The van der Waals surface area contributed by atoms with Crippen LogP contribution in [-0.2, 0) is 42.8 Å². The molecular weight excluding hydrogens is 624 g/mol. The molecule has 0 aromatic carbocycles. The highest BCUT2D eigenvalue weighted by Crippen LogP contribution is 2.40. The van der Waals surface area contributed by atoms with Crippen LogP contribution in [-0.4, -0.2) is 128 Å². The molecule has 5 unspecified atom stereocenters. The molecule has 0 radical (unpaired) electrons. The summed E-state index contributed by atoms with van der Waals surface area (Å²) in [6.45, 7) is 18.3. The Morgan fingerprint density at radius 2 is 1.75 bits per heavy atom. The van der Waals surface area contributed by atoms with Crippen LogP contribution in [0, 0.1) is 23.7 Å². The van der Waals surface area contributed by atoms with Crippen molar-refractivity contribution in [3.63, 3.8) is 0 Å². The van der Waals surface area contributed by atoms with Crippen molar-refractivity contribution in [2.75, 3.05) is 41.2 Å². The van der Waals surface area contributed by atoms with E-state index in [-0.39, 0.29) is 50.9 Å². The maximum absolute atomic E-state index is 14.2. The normalized spacial score (nSPS) is 43.3. The van der Waals surface area contributed by atoms with Crippen LogP contribution in [0.4, 0.5) is 0 Å². The van der Waals surface area contributed by atoms with E-state index in [1.54, 1.807) is 20.8 Å². The summed E-state index contributed by atoms with van der Waals surface area (Å²) in [4.78, 5) is 35.3. The van der Waals surface area contributed by atoms with Crippen molar-refractivity contribution in [1.29, 1.82) is 0 Å². The van der Waals surface area contributed by atoms with E-state index in [9.17, 15) is 19.8 Å². The number of ketones is 1. The van der Waals surface area contributed by atoms with Crippen LogP contribution in [0.1, 0.15) is 74.7 Å². The summed E-state index contributed by atoms with van der Waals surface area (Å²) >= 11 is 0. The maximum Gasteiger partial charge on any atom is 0.316 e. The molecule has 0 spiro atoms. The van der Waals surface area contributed by atoms with Gasteiger partial charge < -0.3 is 48.4 Å². The Labute approximate surface area is 286 Å². The minimum atomic E-state index is -1.71. The van der Waals surface area contributed by atoms with Gasteiger partial charge in [0.1, 0.15) is 23.7 Å². The van der Waals surface area contributed by atoms with Gasteiger partial charge in [0.15, 0.2) is 12.1 Å². The fourth-order valence-electron chi connectivity index (χ4n) is 7.53. The van der Waals surface area contributed by atoms with E-state index in [1.807, 2.05) is 46.7 Å². The number of methoxy groups -OCH3 is 1. The zero-order valence-electron chi connectivity index (χ0n) is 30.8. The van der Waals surface area contributed by atoms with E-state index < -0.39 is 71.4 Å². The number of fused-ring (bicyclic) bond motifs is 5. The first-order valence-electron chi connectivity index (χ1n) is 17.1. The quantitative estimate of drug-likeness (QED) is 0.101. The number of hydrogen-bond donors (Lipinski definition) is 2. The predicted octanol–water partition coefficient (Wildman–Crippen LogP) is 3.09. The van der Waals surface area contributed by atoms with Crippen LogP contribution in [0.3, 0.4) is 0 Å². The number of carbonyl (C=O) groups excluding carboxylic acids is 2. The Morgan fingerprint density at radius 1 is 1.08 bits per heavy atom. The SMILES string of the molecule is C=C1COC2C(C)/C(=N/OCOC)C(C)C[C@@](C)(OC1)C(O[C@@H]1O[C@H](C)C[C@H](N(C)C)C1O)[C@@H](C)C(=O)[C@@H](C)C(=O)O[C@@H](CC)[C@@]2(C)O. The lowest BCUT2D eigenvalue weighted by molar-refractivity contribution is -0.296. The van der Waals surface area contributed by atoms with Crippen molar-refractivity contribution in [2.24, 2.45) is 28.8 Å². The number of rotatable bonds is 7. The minimum Gasteiger partial charge on any atom is -0.459 e. The fraction of sp³-hybridized carbons (Fsp3) is 0.857. The van der Waals surface area contributed by atoms with E-state index in [4.69, 9.17) is 33.3 Å². The average molecular weight is 685 g/mol.